The molecule has 0 bridgehead atoms. The van der Waals surface area contributed by atoms with E-state index in [0.29, 0.717) is 26.4 Å². The first-order chi connectivity index (χ1) is 7.79. The largest absolute Gasteiger partial charge is 0.379 e. The lowest BCUT2D eigenvalue weighted by atomic mass is 9.99. The van der Waals surface area contributed by atoms with Gasteiger partial charge in [0.2, 0.25) is 5.91 Å². The highest BCUT2D eigenvalue weighted by Gasteiger charge is 2.32. The molecule has 0 aliphatic carbocycles. The van der Waals surface area contributed by atoms with Gasteiger partial charge in [0.15, 0.2) is 0 Å². The summed E-state index contributed by atoms with van der Waals surface area (Å²) < 4.78 is 10.7. The molecule has 1 rings (SSSR count). The van der Waals surface area contributed by atoms with Crippen LogP contribution in [0.2, 0.25) is 0 Å². The lowest BCUT2D eigenvalue weighted by Gasteiger charge is -2.16. The molecule has 1 amide bonds. The number of carbonyl (C=O) groups excluding carboxylic acids is 1. The Balaban J connectivity index is 2.14. The summed E-state index contributed by atoms with van der Waals surface area (Å²) in [6, 6.07) is 0. The van der Waals surface area contributed by atoms with E-state index in [9.17, 15) is 4.79 Å². The molecule has 5 heteroatoms. The van der Waals surface area contributed by atoms with Gasteiger partial charge in [-0.1, -0.05) is 22.9 Å². The van der Waals surface area contributed by atoms with Gasteiger partial charge in [0.25, 0.3) is 0 Å². The number of halogens is 1. The second-order valence-corrected chi connectivity index (χ2v) is 4.60. The molecular weight excluding hydrogens is 274 g/mol. The van der Waals surface area contributed by atoms with E-state index in [0.717, 1.165) is 18.2 Å². The Labute approximate surface area is 105 Å². The summed E-state index contributed by atoms with van der Waals surface area (Å²) in [5, 5.41) is 3.72. The molecule has 0 aromatic carbocycles. The third-order valence-electron chi connectivity index (χ3n) is 2.72. The van der Waals surface area contributed by atoms with Crippen LogP contribution in [-0.2, 0) is 14.3 Å². The van der Waals surface area contributed by atoms with Crippen LogP contribution < -0.4 is 5.32 Å². The van der Waals surface area contributed by atoms with Gasteiger partial charge in [-0.05, 0) is 12.8 Å². The number of alkyl halides is 1. The molecule has 1 heterocycles. The predicted octanol–water partition coefficient (Wildman–Crippen LogP) is 1.33. The maximum Gasteiger partial charge on any atom is 0.225 e. The fourth-order valence-corrected chi connectivity index (χ4v) is 2.11. The van der Waals surface area contributed by atoms with E-state index < -0.39 is 0 Å². The fourth-order valence-electron chi connectivity index (χ4n) is 1.88. The van der Waals surface area contributed by atoms with Crippen LogP contribution in [0.1, 0.15) is 19.8 Å². The van der Waals surface area contributed by atoms with Crippen molar-refractivity contribution in [2.45, 2.75) is 25.9 Å². The second-order valence-electron chi connectivity index (χ2n) is 3.81. The first kappa shape index (κ1) is 13.9. The van der Waals surface area contributed by atoms with Crippen LogP contribution in [0.5, 0.6) is 0 Å². The van der Waals surface area contributed by atoms with Crippen LogP contribution in [0, 0.1) is 5.92 Å². The zero-order valence-corrected chi connectivity index (χ0v) is 11.3. The molecule has 0 radical (unpaired) electrons. The highest BCUT2D eigenvalue weighted by atomic mass is 79.9. The Hall–Kier alpha value is -0.130. The van der Waals surface area contributed by atoms with Gasteiger partial charge in [-0.15, -0.1) is 0 Å². The van der Waals surface area contributed by atoms with Gasteiger partial charge in [-0.3, -0.25) is 4.79 Å². The summed E-state index contributed by atoms with van der Waals surface area (Å²) in [5.74, 6) is 0.132. The Morgan fingerprint density at radius 1 is 1.56 bits per heavy atom. The molecule has 0 spiro atoms. The molecule has 1 aliphatic rings. The van der Waals surface area contributed by atoms with Gasteiger partial charge in [-0.25, -0.2) is 0 Å². The molecule has 2 atom stereocenters. The van der Waals surface area contributed by atoms with Crippen molar-refractivity contribution in [2.75, 3.05) is 31.7 Å². The second kappa shape index (κ2) is 8.03. The number of amides is 1. The molecule has 1 fully saturated rings. The molecule has 16 heavy (non-hydrogen) atoms. The van der Waals surface area contributed by atoms with E-state index in [1.54, 1.807) is 0 Å². The Morgan fingerprint density at radius 2 is 2.38 bits per heavy atom. The van der Waals surface area contributed by atoms with Crippen molar-refractivity contribution < 1.29 is 14.3 Å². The lowest BCUT2D eigenvalue weighted by molar-refractivity contribution is -0.126. The number of nitrogens with one attached hydrogen (secondary N) is 1. The summed E-state index contributed by atoms with van der Waals surface area (Å²) >= 11 is 3.27. The van der Waals surface area contributed by atoms with Crippen molar-refractivity contribution in [1.29, 1.82) is 0 Å². The molecule has 4 nitrogen and oxygen atoms in total. The van der Waals surface area contributed by atoms with E-state index in [1.165, 1.54) is 0 Å². The molecular formula is C11H20BrNO3. The molecule has 0 saturated carbocycles. The Bertz CT molecular complexity index is 213. The van der Waals surface area contributed by atoms with Crippen LogP contribution in [-0.4, -0.2) is 43.7 Å². The molecule has 0 aromatic rings. The van der Waals surface area contributed by atoms with E-state index in [4.69, 9.17) is 9.47 Å². The van der Waals surface area contributed by atoms with Crippen LogP contribution in [0.3, 0.4) is 0 Å². The zero-order valence-electron chi connectivity index (χ0n) is 9.71. The summed E-state index contributed by atoms with van der Waals surface area (Å²) in [7, 11) is 0. The number of hydrogen-bond donors (Lipinski definition) is 1. The number of hydrogen-bond acceptors (Lipinski definition) is 3. The summed E-state index contributed by atoms with van der Waals surface area (Å²) in [4.78, 5) is 11.8. The van der Waals surface area contributed by atoms with Crippen LogP contribution >= 0.6 is 15.9 Å². The van der Waals surface area contributed by atoms with Crippen molar-refractivity contribution in [3.05, 3.63) is 0 Å². The fraction of sp³-hybridized carbons (Fsp3) is 0.909. The number of carbonyl (C=O) groups is 1. The first-order valence-electron chi connectivity index (χ1n) is 5.82. The average Bonchev–Trinajstić information content (AvgIpc) is 2.76. The van der Waals surface area contributed by atoms with E-state index >= 15 is 0 Å². The van der Waals surface area contributed by atoms with Gasteiger partial charge in [-0.2, -0.15) is 0 Å². The molecule has 1 saturated heterocycles. The monoisotopic (exact) mass is 293 g/mol. The maximum atomic E-state index is 11.8. The third-order valence-corrected chi connectivity index (χ3v) is 3.04. The molecule has 2 unspecified atom stereocenters. The topological polar surface area (TPSA) is 47.6 Å². The summed E-state index contributed by atoms with van der Waals surface area (Å²) in [5.41, 5.74) is 0. The minimum Gasteiger partial charge on any atom is -0.379 e. The Morgan fingerprint density at radius 3 is 3.06 bits per heavy atom. The van der Waals surface area contributed by atoms with Gasteiger partial charge in [0.1, 0.15) is 0 Å². The van der Waals surface area contributed by atoms with E-state index in [-0.39, 0.29) is 17.9 Å². The standard InChI is InChI=1S/C11H20BrNO3/c1-2-10-9(3-6-16-10)11(14)13-5-8-15-7-4-12/h9-10H,2-8H2,1H3,(H,13,14). The van der Waals surface area contributed by atoms with Gasteiger partial charge >= 0.3 is 0 Å². The predicted molar refractivity (Wildman–Crippen MR) is 65.8 cm³/mol. The minimum absolute atomic E-state index is 0.0289. The third kappa shape index (κ3) is 4.39. The van der Waals surface area contributed by atoms with Crippen molar-refractivity contribution in [1.82, 2.24) is 5.32 Å². The SMILES string of the molecule is CCC1OCCC1C(=O)NCCOCCBr. The summed E-state index contributed by atoms with van der Waals surface area (Å²) in [6.07, 6.45) is 1.84. The van der Waals surface area contributed by atoms with Crippen LogP contribution in [0.25, 0.3) is 0 Å². The average molecular weight is 294 g/mol. The smallest absolute Gasteiger partial charge is 0.225 e. The van der Waals surface area contributed by atoms with Crippen molar-refractivity contribution in [3.8, 4) is 0 Å². The van der Waals surface area contributed by atoms with Gasteiger partial charge in [0, 0.05) is 18.5 Å². The van der Waals surface area contributed by atoms with Crippen molar-refractivity contribution in [3.63, 3.8) is 0 Å². The highest BCUT2D eigenvalue weighted by molar-refractivity contribution is 9.09. The summed E-state index contributed by atoms with van der Waals surface area (Å²) in [6.45, 7) is 4.59. The zero-order chi connectivity index (χ0) is 11.8. The van der Waals surface area contributed by atoms with Crippen molar-refractivity contribution in [2.24, 2.45) is 5.92 Å². The minimum atomic E-state index is 0.0289. The lowest BCUT2D eigenvalue weighted by Crippen LogP contribution is -2.36. The molecule has 94 valence electrons. The van der Waals surface area contributed by atoms with Crippen LogP contribution in [0.15, 0.2) is 0 Å². The normalized spacial score (nSPS) is 24.6. The molecule has 0 aromatic heterocycles. The number of ether oxygens (including phenoxy) is 2. The highest BCUT2D eigenvalue weighted by Crippen LogP contribution is 2.23. The van der Waals surface area contributed by atoms with E-state index in [2.05, 4.69) is 28.2 Å². The van der Waals surface area contributed by atoms with E-state index in [1.807, 2.05) is 0 Å². The first-order valence-corrected chi connectivity index (χ1v) is 6.94. The maximum absolute atomic E-state index is 11.8. The quantitative estimate of drug-likeness (QED) is 0.569. The van der Waals surface area contributed by atoms with Crippen molar-refractivity contribution >= 4 is 21.8 Å². The molecule has 1 N–H and O–H groups in total. The number of rotatable bonds is 7. The molecule has 1 aliphatic heterocycles. The van der Waals surface area contributed by atoms with Gasteiger partial charge in [0.05, 0.1) is 25.2 Å². The van der Waals surface area contributed by atoms with Crippen LogP contribution in [0.4, 0.5) is 0 Å². The van der Waals surface area contributed by atoms with Gasteiger partial charge < -0.3 is 14.8 Å². The Kier molecular flexibility index (Phi) is 7.00.